The third-order valence-corrected chi connectivity index (χ3v) is 12.0. The molecule has 6 aromatic rings. The molecule has 0 aliphatic carbocycles. The van der Waals surface area contributed by atoms with Crippen molar-refractivity contribution in [1.82, 2.24) is 40.0 Å². The van der Waals surface area contributed by atoms with Crippen LogP contribution in [0.5, 0.6) is 0 Å². The predicted octanol–water partition coefficient (Wildman–Crippen LogP) is 7.36. The van der Waals surface area contributed by atoms with Gasteiger partial charge < -0.3 is 44.6 Å². The summed E-state index contributed by atoms with van der Waals surface area (Å²) in [5.41, 5.74) is 5.70. The standard InChI is InChI=1S/C48H48N8O8/c1-54-41(40(46(59)60)51-43(54)37-17-11-27-56(37)45(58)39(53-48(62)64-3)33-14-8-5-9-15-33)34-24-20-30(21-25-34)29-18-22-31(23-19-29)35-28-49-42(50-35)36-16-10-26-55(36)44(57)38(52-47(61)63-2)32-12-6-4-7-13-32/h4-9,12-15,18-25,28,36-39H,10-11,16-17,26-27H2,1-3H3,(H,49,50)(H,52,61)(H,53,62)(H,59,60)/t36-,37-,38+,39+/m0/s1. The number of nitrogens with one attached hydrogen (secondary N) is 3. The summed E-state index contributed by atoms with van der Waals surface area (Å²) < 4.78 is 11.4. The minimum Gasteiger partial charge on any atom is -0.476 e. The van der Waals surface area contributed by atoms with Crippen molar-refractivity contribution in [2.24, 2.45) is 7.05 Å². The topological polar surface area (TPSA) is 201 Å². The van der Waals surface area contributed by atoms with Crippen molar-refractivity contribution in [2.45, 2.75) is 49.9 Å². The summed E-state index contributed by atoms with van der Waals surface area (Å²) >= 11 is 0. The fourth-order valence-corrected chi connectivity index (χ4v) is 8.77. The number of hydrogen-bond donors (Lipinski definition) is 4. The molecule has 2 saturated heterocycles. The van der Waals surface area contributed by atoms with Crippen LogP contribution in [-0.4, -0.2) is 91.7 Å². The SMILES string of the molecule is COC(=O)N[C@@H](C(=O)N1CCC[C@H]1c1ncc(-c2ccc(-c3ccc(-c4c(C(=O)O)nc([C@@H]5CCCN5C(=O)[C@H](NC(=O)OC)c5ccccc5)n4C)cc3)cc2)[nH]1)c1ccccc1. The van der Waals surface area contributed by atoms with Gasteiger partial charge in [0, 0.05) is 25.7 Å². The number of rotatable bonds is 12. The maximum Gasteiger partial charge on any atom is 0.407 e. The summed E-state index contributed by atoms with van der Waals surface area (Å²) in [5.74, 6) is -0.693. The highest BCUT2D eigenvalue weighted by molar-refractivity contribution is 5.94. The van der Waals surface area contributed by atoms with Gasteiger partial charge in [0.1, 0.15) is 23.7 Å². The van der Waals surface area contributed by atoms with Crippen LogP contribution in [0.4, 0.5) is 9.59 Å². The molecule has 4 heterocycles. The molecule has 4 amide bonds. The molecule has 0 saturated carbocycles. The number of imidazole rings is 2. The summed E-state index contributed by atoms with van der Waals surface area (Å²) in [6.07, 6.45) is 3.05. The molecule has 0 spiro atoms. The molecule has 64 heavy (non-hydrogen) atoms. The number of nitrogens with zero attached hydrogens (tertiary/aromatic N) is 5. The van der Waals surface area contributed by atoms with Crippen LogP contribution in [0.1, 0.15) is 83.1 Å². The van der Waals surface area contributed by atoms with Crippen LogP contribution in [0.25, 0.3) is 33.6 Å². The minimum atomic E-state index is -1.19. The Morgan fingerprint density at radius 3 is 1.64 bits per heavy atom. The Kier molecular flexibility index (Phi) is 12.5. The highest BCUT2D eigenvalue weighted by Gasteiger charge is 2.40. The predicted molar refractivity (Wildman–Crippen MR) is 235 cm³/mol. The van der Waals surface area contributed by atoms with Crippen molar-refractivity contribution in [3.8, 4) is 33.6 Å². The second kappa shape index (κ2) is 18.7. The Morgan fingerprint density at radius 2 is 1.14 bits per heavy atom. The number of carbonyl (C=O) groups excluding carboxylic acids is 4. The number of ether oxygens (including phenoxy) is 2. The molecule has 4 aromatic carbocycles. The third kappa shape index (κ3) is 8.66. The van der Waals surface area contributed by atoms with Gasteiger partial charge in [-0.15, -0.1) is 0 Å². The number of hydrogen-bond acceptors (Lipinski definition) is 9. The summed E-state index contributed by atoms with van der Waals surface area (Å²) in [6.45, 7) is 0.925. The lowest BCUT2D eigenvalue weighted by atomic mass is 10.0. The van der Waals surface area contributed by atoms with Crippen LogP contribution in [0.2, 0.25) is 0 Å². The number of amides is 4. The van der Waals surface area contributed by atoms with E-state index in [2.05, 4.69) is 25.6 Å². The zero-order valence-electron chi connectivity index (χ0n) is 35.6. The molecule has 4 atom stereocenters. The number of aromatic carboxylic acids is 1. The first kappa shape index (κ1) is 42.9. The maximum absolute atomic E-state index is 14.1. The van der Waals surface area contributed by atoms with Crippen LogP contribution in [0, 0.1) is 0 Å². The first-order valence-electron chi connectivity index (χ1n) is 21.0. The molecule has 16 heteroatoms. The van der Waals surface area contributed by atoms with E-state index in [1.807, 2.05) is 72.8 Å². The van der Waals surface area contributed by atoms with Crippen LogP contribution in [0.15, 0.2) is 115 Å². The van der Waals surface area contributed by atoms with E-state index < -0.39 is 36.3 Å². The number of aromatic nitrogens is 4. The lowest BCUT2D eigenvalue weighted by Crippen LogP contribution is -2.43. The Balaban J connectivity index is 0.987. The van der Waals surface area contributed by atoms with E-state index in [0.29, 0.717) is 66.4 Å². The van der Waals surface area contributed by atoms with Crippen molar-refractivity contribution >= 4 is 30.0 Å². The van der Waals surface area contributed by atoms with Gasteiger partial charge in [-0.1, -0.05) is 109 Å². The molecular weight excluding hydrogens is 817 g/mol. The van der Waals surface area contributed by atoms with Gasteiger partial charge in [-0.25, -0.2) is 24.4 Å². The molecule has 0 bridgehead atoms. The van der Waals surface area contributed by atoms with Gasteiger partial charge in [-0.2, -0.15) is 0 Å². The fraction of sp³-hybridized carbons (Fsp3) is 0.271. The Morgan fingerprint density at radius 1 is 0.672 bits per heavy atom. The lowest BCUT2D eigenvalue weighted by Gasteiger charge is -2.29. The molecule has 8 rings (SSSR count). The summed E-state index contributed by atoms with van der Waals surface area (Å²) in [4.78, 5) is 81.4. The number of H-pyrrole nitrogens is 1. The third-order valence-electron chi connectivity index (χ3n) is 12.0. The first-order chi connectivity index (χ1) is 31.1. The maximum atomic E-state index is 14.1. The number of benzene rings is 4. The van der Waals surface area contributed by atoms with E-state index in [0.717, 1.165) is 28.8 Å². The monoisotopic (exact) mass is 864 g/mol. The van der Waals surface area contributed by atoms with Gasteiger partial charge in [0.2, 0.25) is 0 Å². The molecule has 328 valence electrons. The van der Waals surface area contributed by atoms with Gasteiger partial charge in [0.25, 0.3) is 11.8 Å². The van der Waals surface area contributed by atoms with Crippen LogP contribution in [0.3, 0.4) is 0 Å². The number of carbonyl (C=O) groups is 5. The summed E-state index contributed by atoms with van der Waals surface area (Å²) in [6, 6.07) is 30.8. The molecule has 0 radical (unpaired) electrons. The van der Waals surface area contributed by atoms with Crippen molar-refractivity contribution in [3.63, 3.8) is 0 Å². The smallest absolute Gasteiger partial charge is 0.407 e. The largest absolute Gasteiger partial charge is 0.476 e. The highest BCUT2D eigenvalue weighted by atomic mass is 16.5. The van der Waals surface area contributed by atoms with Crippen molar-refractivity contribution in [1.29, 1.82) is 0 Å². The molecule has 2 fully saturated rings. The quantitative estimate of drug-likeness (QED) is 0.0963. The Bertz CT molecular complexity index is 2650. The summed E-state index contributed by atoms with van der Waals surface area (Å²) in [5, 5.41) is 15.7. The van der Waals surface area contributed by atoms with E-state index in [-0.39, 0.29) is 23.6 Å². The molecule has 2 aliphatic rings. The zero-order valence-corrected chi connectivity index (χ0v) is 35.6. The van der Waals surface area contributed by atoms with Crippen LogP contribution in [-0.2, 0) is 26.1 Å². The second-order valence-electron chi connectivity index (χ2n) is 15.7. The molecular formula is C48H48N8O8. The van der Waals surface area contributed by atoms with Crippen molar-refractivity contribution in [3.05, 3.63) is 144 Å². The average Bonchev–Trinajstić information content (AvgIpc) is 4.17. The number of alkyl carbamates (subject to hydrolysis) is 2. The highest BCUT2D eigenvalue weighted by Crippen LogP contribution is 2.38. The average molecular weight is 865 g/mol. The van der Waals surface area contributed by atoms with E-state index in [9.17, 15) is 29.1 Å². The van der Waals surface area contributed by atoms with Gasteiger partial charge in [0.15, 0.2) is 5.69 Å². The first-order valence-corrected chi connectivity index (χ1v) is 21.0. The van der Waals surface area contributed by atoms with E-state index in [1.54, 1.807) is 64.0 Å². The number of carboxylic acids is 1. The molecule has 2 aromatic heterocycles. The summed E-state index contributed by atoms with van der Waals surface area (Å²) in [7, 11) is 4.26. The van der Waals surface area contributed by atoms with Crippen LogP contribution < -0.4 is 10.6 Å². The van der Waals surface area contributed by atoms with Gasteiger partial charge in [-0.05, 0) is 53.5 Å². The number of aromatic amines is 1. The number of likely N-dealkylation sites (tertiary alicyclic amines) is 2. The van der Waals surface area contributed by atoms with E-state index in [4.69, 9.17) is 9.47 Å². The zero-order chi connectivity index (χ0) is 44.9. The number of methoxy groups -OCH3 is 2. The molecule has 0 unspecified atom stereocenters. The molecule has 2 aliphatic heterocycles. The van der Waals surface area contributed by atoms with E-state index >= 15 is 0 Å². The van der Waals surface area contributed by atoms with Gasteiger partial charge in [0.05, 0.1) is 43.9 Å². The Hall–Kier alpha value is -7.75. The van der Waals surface area contributed by atoms with Gasteiger partial charge in [-0.3, -0.25) is 9.59 Å². The van der Waals surface area contributed by atoms with Crippen molar-refractivity contribution in [2.75, 3.05) is 27.3 Å². The normalized spacial score (nSPS) is 16.8. The number of carboxylic acid groups (broad SMARTS) is 1. The van der Waals surface area contributed by atoms with Gasteiger partial charge >= 0.3 is 18.2 Å². The molecule has 16 nitrogen and oxygen atoms in total. The Labute approximate surface area is 369 Å². The lowest BCUT2D eigenvalue weighted by molar-refractivity contribution is -0.135. The fourth-order valence-electron chi connectivity index (χ4n) is 8.77. The van der Waals surface area contributed by atoms with Crippen molar-refractivity contribution < 1.29 is 38.6 Å². The van der Waals surface area contributed by atoms with E-state index in [1.165, 1.54) is 14.2 Å². The second-order valence-corrected chi connectivity index (χ2v) is 15.7. The molecule has 4 N–H and O–H groups in total. The van der Waals surface area contributed by atoms with Crippen LogP contribution >= 0.6 is 0 Å². The minimum absolute atomic E-state index is 0.126.